The van der Waals surface area contributed by atoms with Crippen LogP contribution >= 0.6 is 0 Å². The molecule has 0 N–H and O–H groups in total. The highest BCUT2D eigenvalue weighted by Gasteiger charge is 2.23. The quantitative estimate of drug-likeness (QED) is 0.285. The van der Waals surface area contributed by atoms with Gasteiger partial charge < -0.3 is 4.74 Å². The lowest BCUT2D eigenvalue weighted by molar-refractivity contribution is 0.0204. The molecule has 0 bridgehead atoms. The minimum atomic E-state index is 0.523. The molecular formula is C30H50O. The van der Waals surface area contributed by atoms with Crippen LogP contribution in [0.4, 0.5) is 0 Å². The van der Waals surface area contributed by atoms with Gasteiger partial charge in [0.15, 0.2) is 0 Å². The second-order valence-electron chi connectivity index (χ2n) is 10.7. The number of rotatable bonds is 13. The summed E-state index contributed by atoms with van der Waals surface area (Å²) in [5.41, 5.74) is 3.08. The Hall–Kier alpha value is -0.820. The van der Waals surface area contributed by atoms with Crippen molar-refractivity contribution in [2.45, 2.75) is 135 Å². The molecule has 0 saturated heterocycles. The second-order valence-corrected chi connectivity index (χ2v) is 10.7. The summed E-state index contributed by atoms with van der Waals surface area (Å²) in [5, 5.41) is 0. The van der Waals surface area contributed by atoms with E-state index >= 15 is 0 Å². The summed E-state index contributed by atoms with van der Waals surface area (Å²) in [5.74, 6) is 2.79. The minimum Gasteiger partial charge on any atom is -0.378 e. The summed E-state index contributed by atoms with van der Waals surface area (Å²) in [4.78, 5) is 0. The maximum absolute atomic E-state index is 6.31. The minimum absolute atomic E-state index is 0.523. The van der Waals surface area contributed by atoms with Crippen molar-refractivity contribution in [1.29, 1.82) is 0 Å². The molecule has 0 atom stereocenters. The van der Waals surface area contributed by atoms with Gasteiger partial charge in [-0.1, -0.05) is 95.9 Å². The van der Waals surface area contributed by atoms with Crippen molar-refractivity contribution in [2.75, 3.05) is 6.61 Å². The van der Waals surface area contributed by atoms with Crippen LogP contribution in [0.15, 0.2) is 24.3 Å². The van der Waals surface area contributed by atoms with Crippen LogP contribution in [0.3, 0.4) is 0 Å². The van der Waals surface area contributed by atoms with Crippen LogP contribution in [-0.4, -0.2) is 12.7 Å². The van der Waals surface area contributed by atoms with Crippen molar-refractivity contribution in [2.24, 2.45) is 11.8 Å². The highest BCUT2D eigenvalue weighted by Crippen LogP contribution is 2.36. The van der Waals surface area contributed by atoms with Gasteiger partial charge in [-0.25, -0.2) is 0 Å². The van der Waals surface area contributed by atoms with E-state index in [4.69, 9.17) is 4.74 Å². The molecule has 1 heteroatoms. The maximum Gasteiger partial charge on any atom is 0.0575 e. The molecule has 0 aromatic heterocycles. The van der Waals surface area contributed by atoms with E-state index in [0.717, 1.165) is 24.4 Å². The number of ether oxygens (including phenoxy) is 1. The first-order valence-electron chi connectivity index (χ1n) is 14.0. The SMILES string of the molecule is CCCCCc1ccc(C2CCC(OCCCC3CCC(CCCC)CC3)CC2)cc1. The maximum atomic E-state index is 6.31. The van der Waals surface area contributed by atoms with Crippen LogP contribution in [0.2, 0.25) is 0 Å². The van der Waals surface area contributed by atoms with Crippen LogP contribution in [0.5, 0.6) is 0 Å². The van der Waals surface area contributed by atoms with Crippen molar-refractivity contribution in [1.82, 2.24) is 0 Å². The summed E-state index contributed by atoms with van der Waals surface area (Å²) in [6, 6.07) is 9.57. The van der Waals surface area contributed by atoms with Crippen molar-refractivity contribution in [3.63, 3.8) is 0 Å². The molecule has 0 aliphatic heterocycles. The van der Waals surface area contributed by atoms with Gasteiger partial charge in [-0.2, -0.15) is 0 Å². The molecule has 0 radical (unpaired) electrons. The van der Waals surface area contributed by atoms with Crippen LogP contribution in [0.1, 0.15) is 134 Å². The third kappa shape index (κ3) is 8.91. The topological polar surface area (TPSA) is 9.23 Å². The highest BCUT2D eigenvalue weighted by molar-refractivity contribution is 5.26. The number of hydrogen-bond acceptors (Lipinski definition) is 1. The Balaban J connectivity index is 1.24. The molecular weight excluding hydrogens is 376 g/mol. The summed E-state index contributed by atoms with van der Waals surface area (Å²) in [6.45, 7) is 5.60. The zero-order chi connectivity index (χ0) is 21.7. The molecule has 1 nitrogen and oxygen atoms in total. The number of hydrogen-bond donors (Lipinski definition) is 0. The van der Waals surface area contributed by atoms with Crippen molar-refractivity contribution >= 4 is 0 Å². The molecule has 31 heavy (non-hydrogen) atoms. The van der Waals surface area contributed by atoms with Crippen LogP contribution < -0.4 is 0 Å². The number of aryl methyl sites for hydroxylation is 1. The Morgan fingerprint density at radius 1 is 0.677 bits per heavy atom. The Morgan fingerprint density at radius 3 is 1.90 bits per heavy atom. The lowest BCUT2D eigenvalue weighted by Crippen LogP contribution is -2.21. The molecule has 0 unspecified atom stereocenters. The van der Waals surface area contributed by atoms with Gasteiger partial charge in [0.2, 0.25) is 0 Å². The van der Waals surface area contributed by atoms with Gasteiger partial charge in [-0.15, -0.1) is 0 Å². The second kappa shape index (κ2) is 14.4. The normalized spacial score (nSPS) is 26.8. The average molecular weight is 427 g/mol. The predicted molar refractivity (Wildman–Crippen MR) is 135 cm³/mol. The van der Waals surface area contributed by atoms with Crippen molar-refractivity contribution < 1.29 is 4.74 Å². The molecule has 2 aliphatic rings. The number of benzene rings is 1. The van der Waals surface area contributed by atoms with Gasteiger partial charge in [0, 0.05) is 6.61 Å². The molecule has 2 fully saturated rings. The molecule has 3 rings (SSSR count). The monoisotopic (exact) mass is 426 g/mol. The summed E-state index contributed by atoms with van der Waals surface area (Å²) >= 11 is 0. The van der Waals surface area contributed by atoms with Gasteiger partial charge in [0.25, 0.3) is 0 Å². The van der Waals surface area contributed by atoms with Gasteiger partial charge >= 0.3 is 0 Å². The third-order valence-electron chi connectivity index (χ3n) is 8.24. The summed E-state index contributed by atoms with van der Waals surface area (Å²) in [7, 11) is 0. The molecule has 176 valence electrons. The molecule has 2 saturated carbocycles. The first-order chi connectivity index (χ1) is 15.3. The fraction of sp³-hybridized carbons (Fsp3) is 0.800. The zero-order valence-corrected chi connectivity index (χ0v) is 20.8. The Bertz CT molecular complexity index is 561. The third-order valence-corrected chi connectivity index (χ3v) is 8.24. The molecule has 1 aromatic rings. The van der Waals surface area contributed by atoms with E-state index in [9.17, 15) is 0 Å². The van der Waals surface area contributed by atoms with E-state index in [0.29, 0.717) is 6.10 Å². The first kappa shape index (κ1) is 24.8. The summed E-state index contributed by atoms with van der Waals surface area (Å²) in [6.07, 6.45) is 23.8. The van der Waals surface area contributed by atoms with E-state index in [1.54, 1.807) is 5.56 Å². The molecule has 0 spiro atoms. The van der Waals surface area contributed by atoms with E-state index in [1.165, 1.54) is 115 Å². The Labute approximate surface area is 193 Å². The fourth-order valence-electron chi connectivity index (χ4n) is 6.02. The van der Waals surface area contributed by atoms with Crippen molar-refractivity contribution in [3.05, 3.63) is 35.4 Å². The standard InChI is InChI=1S/C30H50O/c1-3-5-7-10-26-16-18-28(19-17-26)29-20-22-30(23-21-29)31-24-8-11-27-14-12-25(13-15-27)9-6-4-2/h16-19,25,27,29-30H,3-15,20-24H2,1-2H3. The highest BCUT2D eigenvalue weighted by atomic mass is 16.5. The Morgan fingerprint density at radius 2 is 1.29 bits per heavy atom. The smallest absolute Gasteiger partial charge is 0.0575 e. The molecule has 0 heterocycles. The van der Waals surface area contributed by atoms with Crippen LogP contribution in [0, 0.1) is 11.8 Å². The van der Waals surface area contributed by atoms with Crippen LogP contribution in [-0.2, 0) is 11.2 Å². The summed E-state index contributed by atoms with van der Waals surface area (Å²) < 4.78 is 6.31. The van der Waals surface area contributed by atoms with E-state index < -0.39 is 0 Å². The van der Waals surface area contributed by atoms with Crippen LogP contribution in [0.25, 0.3) is 0 Å². The zero-order valence-electron chi connectivity index (χ0n) is 20.8. The van der Waals surface area contributed by atoms with Gasteiger partial charge in [0.1, 0.15) is 0 Å². The first-order valence-corrected chi connectivity index (χ1v) is 14.0. The molecule has 0 amide bonds. The van der Waals surface area contributed by atoms with Gasteiger partial charge in [0.05, 0.1) is 6.10 Å². The van der Waals surface area contributed by atoms with Gasteiger partial charge in [-0.3, -0.25) is 0 Å². The Kier molecular flexibility index (Phi) is 11.5. The van der Waals surface area contributed by atoms with E-state index in [2.05, 4.69) is 38.1 Å². The lowest BCUT2D eigenvalue weighted by atomic mass is 9.78. The number of unbranched alkanes of at least 4 members (excludes halogenated alkanes) is 3. The average Bonchev–Trinajstić information content (AvgIpc) is 2.82. The van der Waals surface area contributed by atoms with E-state index in [1.807, 2.05) is 0 Å². The largest absolute Gasteiger partial charge is 0.378 e. The fourth-order valence-corrected chi connectivity index (χ4v) is 6.02. The molecule has 2 aliphatic carbocycles. The lowest BCUT2D eigenvalue weighted by Gasteiger charge is -2.30. The van der Waals surface area contributed by atoms with Gasteiger partial charge in [-0.05, 0) is 80.2 Å². The van der Waals surface area contributed by atoms with E-state index in [-0.39, 0.29) is 0 Å². The predicted octanol–water partition coefficient (Wildman–Crippen LogP) is 9.24. The van der Waals surface area contributed by atoms with Crippen molar-refractivity contribution in [3.8, 4) is 0 Å². The molecule has 1 aromatic carbocycles.